The lowest BCUT2D eigenvalue weighted by Crippen LogP contribution is -2.30. The zero-order valence-corrected chi connectivity index (χ0v) is 40.4. The second-order valence-electron chi connectivity index (χ2n) is 16.7. The van der Waals surface area contributed by atoms with Gasteiger partial charge in [0.2, 0.25) is 0 Å². The normalized spacial score (nSPS) is 12.8. The van der Waals surface area contributed by atoms with E-state index < -0.39 is 12.1 Å². The van der Waals surface area contributed by atoms with Crippen LogP contribution in [0, 0.1) is 0 Å². The fraction of sp³-hybridized carbons (Fsp3) is 0.696. The summed E-state index contributed by atoms with van der Waals surface area (Å²) >= 11 is 0. The number of carbonyl (C=O) groups excluding carboxylic acids is 3. The van der Waals surface area contributed by atoms with Crippen molar-refractivity contribution in [1.82, 2.24) is 0 Å². The minimum Gasteiger partial charge on any atom is -0.462 e. The Kier molecular flexibility index (Phi) is 47.5. The van der Waals surface area contributed by atoms with Crippen molar-refractivity contribution in [3.05, 3.63) is 85.1 Å². The van der Waals surface area contributed by atoms with E-state index >= 15 is 0 Å². The van der Waals surface area contributed by atoms with Crippen molar-refractivity contribution in [3.63, 3.8) is 0 Å². The van der Waals surface area contributed by atoms with Crippen LogP contribution in [-0.4, -0.2) is 37.2 Å². The van der Waals surface area contributed by atoms with E-state index in [1.165, 1.54) is 116 Å². The van der Waals surface area contributed by atoms with Crippen molar-refractivity contribution in [1.29, 1.82) is 0 Å². The molecular weight excluding hydrogens is 769 g/mol. The molecule has 6 nitrogen and oxygen atoms in total. The van der Waals surface area contributed by atoms with Gasteiger partial charge in [-0.05, 0) is 77.0 Å². The van der Waals surface area contributed by atoms with Crippen LogP contribution in [0.1, 0.15) is 233 Å². The number of esters is 3. The molecule has 0 aliphatic rings. The van der Waals surface area contributed by atoms with Crippen molar-refractivity contribution in [2.75, 3.05) is 13.2 Å². The molecule has 0 saturated heterocycles. The largest absolute Gasteiger partial charge is 0.462 e. The van der Waals surface area contributed by atoms with Crippen LogP contribution < -0.4 is 0 Å². The summed E-state index contributed by atoms with van der Waals surface area (Å²) in [6.45, 7) is 6.36. The van der Waals surface area contributed by atoms with Crippen LogP contribution >= 0.6 is 0 Å². The van der Waals surface area contributed by atoms with Crippen molar-refractivity contribution in [2.45, 2.75) is 239 Å². The van der Waals surface area contributed by atoms with Crippen LogP contribution in [0.5, 0.6) is 0 Å². The SMILES string of the molecule is CC/C=C\C/C=C\C/C=C\C/C=C\C/C=C\CC(=O)OC(COC(=O)CCCCCCCC)COC(=O)CCCCCCCCCCCCC/C=C\C/C=C\CCCCCCC. The molecule has 0 saturated carbocycles. The van der Waals surface area contributed by atoms with Crippen LogP contribution in [0.2, 0.25) is 0 Å². The lowest BCUT2D eigenvalue weighted by Gasteiger charge is -2.18. The maximum absolute atomic E-state index is 12.7. The molecule has 0 aliphatic heterocycles. The number of hydrogen-bond acceptors (Lipinski definition) is 6. The van der Waals surface area contributed by atoms with Gasteiger partial charge in [0, 0.05) is 12.8 Å². The molecule has 0 radical (unpaired) electrons. The van der Waals surface area contributed by atoms with Crippen molar-refractivity contribution >= 4 is 17.9 Å². The van der Waals surface area contributed by atoms with Gasteiger partial charge in [0.1, 0.15) is 13.2 Å². The maximum Gasteiger partial charge on any atom is 0.310 e. The molecule has 0 aromatic carbocycles. The monoisotopic (exact) mass is 863 g/mol. The predicted molar refractivity (Wildman–Crippen MR) is 265 cm³/mol. The van der Waals surface area contributed by atoms with Gasteiger partial charge in [0.05, 0.1) is 6.42 Å². The summed E-state index contributed by atoms with van der Waals surface area (Å²) in [7, 11) is 0. The highest BCUT2D eigenvalue weighted by Gasteiger charge is 2.19. The Labute approximate surface area is 382 Å². The van der Waals surface area contributed by atoms with Gasteiger partial charge >= 0.3 is 17.9 Å². The Morgan fingerprint density at radius 3 is 1.06 bits per heavy atom. The topological polar surface area (TPSA) is 78.9 Å². The van der Waals surface area contributed by atoms with Gasteiger partial charge in [-0.15, -0.1) is 0 Å². The third-order valence-electron chi connectivity index (χ3n) is 10.7. The van der Waals surface area contributed by atoms with E-state index in [1.807, 2.05) is 6.08 Å². The molecule has 0 fully saturated rings. The van der Waals surface area contributed by atoms with Crippen molar-refractivity contribution in [2.24, 2.45) is 0 Å². The average molecular weight is 863 g/mol. The van der Waals surface area contributed by atoms with E-state index in [0.29, 0.717) is 12.8 Å². The smallest absolute Gasteiger partial charge is 0.310 e. The first-order valence-corrected chi connectivity index (χ1v) is 25.6. The highest BCUT2D eigenvalue weighted by molar-refractivity contribution is 5.72. The van der Waals surface area contributed by atoms with E-state index in [1.54, 1.807) is 6.08 Å². The molecule has 0 N–H and O–H groups in total. The summed E-state index contributed by atoms with van der Waals surface area (Å²) in [6.07, 6.45) is 64.8. The van der Waals surface area contributed by atoms with Gasteiger partial charge < -0.3 is 14.2 Å². The van der Waals surface area contributed by atoms with E-state index in [0.717, 1.165) is 77.0 Å². The van der Waals surface area contributed by atoms with E-state index in [2.05, 4.69) is 93.7 Å². The summed E-state index contributed by atoms with van der Waals surface area (Å²) in [5, 5.41) is 0. The van der Waals surface area contributed by atoms with Crippen molar-refractivity contribution in [3.8, 4) is 0 Å². The predicted octanol–water partition coefficient (Wildman–Crippen LogP) is 16.8. The Morgan fingerprint density at radius 2 is 0.677 bits per heavy atom. The molecule has 0 amide bonds. The highest BCUT2D eigenvalue weighted by atomic mass is 16.6. The Bertz CT molecular complexity index is 1220. The molecule has 0 aromatic rings. The van der Waals surface area contributed by atoms with Gasteiger partial charge in [-0.3, -0.25) is 14.4 Å². The zero-order chi connectivity index (χ0) is 45.1. The average Bonchev–Trinajstić information content (AvgIpc) is 3.27. The minimum atomic E-state index is -0.827. The van der Waals surface area contributed by atoms with E-state index in [9.17, 15) is 14.4 Å². The fourth-order valence-corrected chi connectivity index (χ4v) is 6.84. The number of carbonyl (C=O) groups is 3. The van der Waals surface area contributed by atoms with Crippen LogP contribution in [0.25, 0.3) is 0 Å². The van der Waals surface area contributed by atoms with E-state index in [4.69, 9.17) is 14.2 Å². The molecule has 1 unspecified atom stereocenters. The summed E-state index contributed by atoms with van der Waals surface area (Å²) in [5.74, 6) is -1.06. The third-order valence-corrected chi connectivity index (χ3v) is 10.7. The fourth-order valence-electron chi connectivity index (χ4n) is 6.84. The zero-order valence-electron chi connectivity index (χ0n) is 40.4. The molecule has 0 bridgehead atoms. The Morgan fingerprint density at radius 1 is 0.355 bits per heavy atom. The number of unbranched alkanes of at least 4 members (excludes halogenated alkanes) is 21. The Hall–Kier alpha value is -3.41. The van der Waals surface area contributed by atoms with Gasteiger partial charge in [-0.1, -0.05) is 221 Å². The summed E-state index contributed by atoms with van der Waals surface area (Å²) < 4.78 is 16.6. The van der Waals surface area contributed by atoms with Crippen LogP contribution in [0.3, 0.4) is 0 Å². The number of rotatable bonds is 45. The third kappa shape index (κ3) is 47.6. The van der Waals surface area contributed by atoms with Gasteiger partial charge in [-0.2, -0.15) is 0 Å². The summed E-state index contributed by atoms with van der Waals surface area (Å²) in [5.41, 5.74) is 0. The van der Waals surface area contributed by atoms with Gasteiger partial charge in [-0.25, -0.2) is 0 Å². The lowest BCUT2D eigenvalue weighted by molar-refractivity contribution is -0.166. The molecule has 354 valence electrons. The number of ether oxygens (including phenoxy) is 3. The molecule has 0 aliphatic carbocycles. The molecule has 6 heteroatoms. The first kappa shape index (κ1) is 58.6. The van der Waals surface area contributed by atoms with Crippen molar-refractivity contribution < 1.29 is 28.6 Å². The second kappa shape index (κ2) is 50.2. The van der Waals surface area contributed by atoms with Crippen LogP contribution in [0.15, 0.2) is 85.1 Å². The molecule has 1 atom stereocenters. The lowest BCUT2D eigenvalue weighted by atomic mass is 10.0. The van der Waals surface area contributed by atoms with Crippen LogP contribution in [-0.2, 0) is 28.6 Å². The summed E-state index contributed by atoms with van der Waals surface area (Å²) in [4.78, 5) is 37.6. The Balaban J connectivity index is 4.26. The molecular formula is C56H94O6. The highest BCUT2D eigenvalue weighted by Crippen LogP contribution is 2.14. The first-order chi connectivity index (χ1) is 30.5. The standard InChI is InChI=1S/C56H94O6/c1-4-7-10-13-16-18-20-22-24-25-26-27-28-29-30-31-33-34-36-38-40-43-46-49-55(58)61-52-53(51-60-54(57)48-45-42-15-12-9-6-3)62-56(59)50-47-44-41-39-37-35-32-23-21-19-17-14-11-8-5-2/h8,11,17,19-20,22-23,25-26,32,37,39,44,47,53H,4-7,9-10,12-16,18,21,24,27-31,33-36,38,40-43,45-46,48-52H2,1-3H3/b11-8-,19-17-,22-20-,26-25-,32-23-,39-37-,47-44-. The first-order valence-electron chi connectivity index (χ1n) is 25.6. The van der Waals surface area contributed by atoms with Gasteiger partial charge in [0.25, 0.3) is 0 Å². The van der Waals surface area contributed by atoms with E-state index in [-0.39, 0.29) is 31.6 Å². The molecule has 0 heterocycles. The maximum atomic E-state index is 12.7. The van der Waals surface area contributed by atoms with Gasteiger partial charge in [0.15, 0.2) is 6.10 Å². The number of allylic oxidation sites excluding steroid dienone is 13. The second-order valence-corrected chi connectivity index (χ2v) is 16.7. The molecule has 62 heavy (non-hydrogen) atoms. The minimum absolute atomic E-state index is 0.0965. The molecule has 0 aromatic heterocycles. The van der Waals surface area contributed by atoms with Crippen LogP contribution in [0.4, 0.5) is 0 Å². The quantitative estimate of drug-likeness (QED) is 0.0263. The molecule has 0 rings (SSSR count). The summed E-state index contributed by atoms with van der Waals surface area (Å²) in [6, 6.07) is 0. The molecule has 0 spiro atoms. The number of hydrogen-bond donors (Lipinski definition) is 0.